The van der Waals surface area contributed by atoms with Crippen LogP contribution in [0.25, 0.3) is 0 Å². The third-order valence-electron chi connectivity index (χ3n) is 4.85. The molecular weight excluding hydrogens is 366 g/mol. The van der Waals surface area contributed by atoms with E-state index >= 15 is 0 Å². The van der Waals surface area contributed by atoms with E-state index in [9.17, 15) is 14.7 Å². The highest BCUT2D eigenvalue weighted by Crippen LogP contribution is 2.40. The van der Waals surface area contributed by atoms with E-state index in [2.05, 4.69) is 10.6 Å². The largest absolute Gasteiger partial charge is 0.394 e. The van der Waals surface area contributed by atoms with Crippen LogP contribution in [0.3, 0.4) is 0 Å². The van der Waals surface area contributed by atoms with Gasteiger partial charge in [-0.25, -0.2) is 4.79 Å². The van der Waals surface area contributed by atoms with Crippen molar-refractivity contribution in [3.8, 4) is 0 Å². The average molecular weight is 389 g/mol. The lowest BCUT2D eigenvalue weighted by molar-refractivity contribution is -0.201. The van der Waals surface area contributed by atoms with Crippen LogP contribution in [0.15, 0.2) is 42.6 Å². The number of hydrogen-bond donors (Lipinski definition) is 3. The maximum absolute atomic E-state index is 12.6. The molecule has 3 aliphatic rings. The average Bonchev–Trinajstić information content (AvgIpc) is 3.15. The number of ether oxygens (including phenoxy) is 3. The molecule has 9 nitrogen and oxygen atoms in total. The van der Waals surface area contributed by atoms with Gasteiger partial charge >= 0.3 is 6.03 Å². The van der Waals surface area contributed by atoms with Gasteiger partial charge in [0.1, 0.15) is 24.5 Å². The molecule has 3 amide bonds. The van der Waals surface area contributed by atoms with E-state index < -0.39 is 42.5 Å². The molecule has 0 radical (unpaired) electrons. The maximum Gasteiger partial charge on any atom is 0.325 e. The maximum atomic E-state index is 12.6. The molecule has 2 saturated heterocycles. The van der Waals surface area contributed by atoms with Crippen LogP contribution in [0.4, 0.5) is 4.79 Å². The summed E-state index contributed by atoms with van der Waals surface area (Å²) in [5, 5.41) is 15.0. The van der Waals surface area contributed by atoms with Crippen molar-refractivity contribution >= 4 is 11.9 Å². The Labute approximate surface area is 162 Å². The van der Waals surface area contributed by atoms with Gasteiger partial charge in [-0.1, -0.05) is 18.2 Å². The smallest absolute Gasteiger partial charge is 0.325 e. The first-order valence-electron chi connectivity index (χ1n) is 9.13. The van der Waals surface area contributed by atoms with Gasteiger partial charge in [0.05, 0.1) is 6.61 Å². The van der Waals surface area contributed by atoms with Gasteiger partial charge in [-0.3, -0.25) is 9.69 Å². The van der Waals surface area contributed by atoms with Crippen molar-refractivity contribution < 1.29 is 28.9 Å². The van der Waals surface area contributed by atoms with Crippen LogP contribution in [0, 0.1) is 0 Å². The highest BCUT2D eigenvalue weighted by molar-refractivity contribution is 5.94. The van der Waals surface area contributed by atoms with E-state index in [0.717, 1.165) is 0 Å². The molecule has 4 rings (SSSR count). The zero-order valence-corrected chi connectivity index (χ0v) is 15.6. The Morgan fingerprint density at radius 1 is 1.25 bits per heavy atom. The Bertz CT molecular complexity index is 783. The second-order valence-electron chi connectivity index (χ2n) is 7.33. The van der Waals surface area contributed by atoms with Crippen molar-refractivity contribution in [2.45, 2.75) is 50.3 Å². The van der Waals surface area contributed by atoms with Crippen LogP contribution >= 0.6 is 0 Å². The Morgan fingerprint density at radius 2 is 1.96 bits per heavy atom. The van der Waals surface area contributed by atoms with Crippen molar-refractivity contribution in [3.63, 3.8) is 0 Å². The summed E-state index contributed by atoms with van der Waals surface area (Å²) < 4.78 is 17.5. The first kappa shape index (κ1) is 18.9. The zero-order chi connectivity index (χ0) is 19.9. The molecule has 0 spiro atoms. The van der Waals surface area contributed by atoms with Gasteiger partial charge in [-0.2, -0.15) is 0 Å². The van der Waals surface area contributed by atoms with Crippen LogP contribution in [0.1, 0.15) is 24.2 Å². The van der Waals surface area contributed by atoms with Crippen molar-refractivity contribution in [1.29, 1.82) is 0 Å². The van der Waals surface area contributed by atoms with Crippen molar-refractivity contribution in [3.05, 3.63) is 48.2 Å². The fourth-order valence-electron chi connectivity index (χ4n) is 3.63. The van der Waals surface area contributed by atoms with Gasteiger partial charge in [0.25, 0.3) is 5.91 Å². The number of hydrogen-bond acceptors (Lipinski definition) is 6. The third-order valence-corrected chi connectivity index (χ3v) is 4.85. The Morgan fingerprint density at radius 3 is 2.64 bits per heavy atom. The SMILES string of the molecule is CC1(C)O[C@@H]2[C@H](O1)[C@@H](CO)O[C@H]2N1C=CC(NC(=O)c2ccccc2)NC1=O. The second kappa shape index (κ2) is 7.17. The summed E-state index contributed by atoms with van der Waals surface area (Å²) in [5.74, 6) is -1.12. The van der Waals surface area contributed by atoms with Gasteiger partial charge in [0, 0.05) is 11.8 Å². The predicted molar refractivity (Wildman–Crippen MR) is 96.8 cm³/mol. The number of carbonyl (C=O) groups is 2. The lowest BCUT2D eigenvalue weighted by Gasteiger charge is -2.34. The molecule has 1 aromatic rings. The number of nitrogens with one attached hydrogen (secondary N) is 2. The molecule has 150 valence electrons. The molecule has 0 saturated carbocycles. The van der Waals surface area contributed by atoms with Crippen molar-refractivity contribution in [2.24, 2.45) is 0 Å². The number of amides is 3. The van der Waals surface area contributed by atoms with Gasteiger partial charge in [0.2, 0.25) is 0 Å². The van der Waals surface area contributed by atoms with Crippen LogP contribution < -0.4 is 10.6 Å². The van der Waals surface area contributed by atoms with Gasteiger partial charge in [-0.15, -0.1) is 0 Å². The normalized spacial score (nSPS) is 33.5. The number of aliphatic hydroxyl groups is 1. The Kier molecular flexibility index (Phi) is 4.84. The van der Waals surface area contributed by atoms with E-state index in [1.165, 1.54) is 4.90 Å². The standard InChI is InChI=1S/C19H23N3O6/c1-19(2)27-14-12(10-23)26-17(15(14)28-19)22-9-8-13(21-18(22)25)20-16(24)11-6-4-3-5-7-11/h3-9,12-15,17,23H,10H2,1-2H3,(H,20,24)(H,21,25)/t12-,13?,14-,15-,17-/m1/s1. The molecule has 9 heteroatoms. The molecule has 5 atom stereocenters. The first-order chi connectivity index (χ1) is 13.4. The van der Waals surface area contributed by atoms with Crippen molar-refractivity contribution in [1.82, 2.24) is 15.5 Å². The summed E-state index contributed by atoms with van der Waals surface area (Å²) in [6.45, 7) is 3.31. The summed E-state index contributed by atoms with van der Waals surface area (Å²) in [6, 6.07) is 8.29. The first-order valence-corrected chi connectivity index (χ1v) is 9.13. The van der Waals surface area contributed by atoms with Crippen LogP contribution in [0.2, 0.25) is 0 Å². The van der Waals surface area contributed by atoms with E-state index in [-0.39, 0.29) is 12.5 Å². The molecule has 28 heavy (non-hydrogen) atoms. The predicted octanol–water partition coefficient (Wildman–Crippen LogP) is 0.519. The van der Waals surface area contributed by atoms with Gasteiger partial charge < -0.3 is 30.0 Å². The molecule has 3 aliphatic heterocycles. The minimum absolute atomic E-state index is 0.244. The number of aliphatic hydroxyl groups excluding tert-OH is 1. The second-order valence-corrected chi connectivity index (χ2v) is 7.33. The van der Waals surface area contributed by atoms with Gasteiger partial charge in [0.15, 0.2) is 12.0 Å². The fraction of sp³-hybridized carbons (Fsp3) is 0.474. The van der Waals surface area contributed by atoms with Crippen LogP contribution in [0.5, 0.6) is 0 Å². The quantitative estimate of drug-likeness (QED) is 0.693. The molecule has 3 N–H and O–H groups in total. The number of fused-ring (bicyclic) bond motifs is 1. The monoisotopic (exact) mass is 389 g/mol. The topological polar surface area (TPSA) is 109 Å². The van der Waals surface area contributed by atoms with E-state index in [1.807, 2.05) is 6.07 Å². The molecule has 0 bridgehead atoms. The minimum atomic E-state index is -0.826. The van der Waals surface area contributed by atoms with Gasteiger partial charge in [-0.05, 0) is 32.1 Å². The summed E-state index contributed by atoms with van der Waals surface area (Å²) >= 11 is 0. The Hall–Kier alpha value is -2.46. The highest BCUT2D eigenvalue weighted by Gasteiger charge is 2.57. The lowest BCUT2D eigenvalue weighted by Crippen LogP contribution is -2.57. The minimum Gasteiger partial charge on any atom is -0.394 e. The molecule has 2 fully saturated rings. The fourth-order valence-corrected chi connectivity index (χ4v) is 3.63. The van der Waals surface area contributed by atoms with E-state index in [4.69, 9.17) is 14.2 Å². The molecule has 0 aliphatic carbocycles. The number of carbonyl (C=O) groups excluding carboxylic acids is 2. The molecular formula is C19H23N3O6. The number of rotatable bonds is 4. The summed E-state index contributed by atoms with van der Waals surface area (Å²) in [5.41, 5.74) is 0.499. The number of nitrogens with zero attached hydrogens (tertiary/aromatic N) is 1. The van der Waals surface area contributed by atoms with Crippen LogP contribution in [-0.4, -0.2) is 65.0 Å². The molecule has 1 unspecified atom stereocenters. The van der Waals surface area contributed by atoms with E-state index in [1.54, 1.807) is 50.4 Å². The van der Waals surface area contributed by atoms with Crippen molar-refractivity contribution in [2.75, 3.05) is 6.61 Å². The highest BCUT2D eigenvalue weighted by atomic mass is 16.8. The lowest BCUT2D eigenvalue weighted by atomic mass is 10.1. The third kappa shape index (κ3) is 3.49. The molecule has 3 heterocycles. The number of benzene rings is 1. The summed E-state index contributed by atoms with van der Waals surface area (Å²) in [4.78, 5) is 26.2. The molecule has 1 aromatic carbocycles. The van der Waals surface area contributed by atoms with E-state index in [0.29, 0.717) is 5.56 Å². The zero-order valence-electron chi connectivity index (χ0n) is 15.6. The Balaban J connectivity index is 1.45. The van der Waals surface area contributed by atoms with Crippen LogP contribution in [-0.2, 0) is 14.2 Å². The number of urea groups is 1. The molecule has 0 aromatic heterocycles. The summed E-state index contributed by atoms with van der Waals surface area (Å²) in [6.07, 6.45) is 0.206. The summed E-state index contributed by atoms with van der Waals surface area (Å²) in [7, 11) is 0.